The van der Waals surface area contributed by atoms with Crippen molar-refractivity contribution in [3.8, 4) is 11.3 Å². The summed E-state index contributed by atoms with van der Waals surface area (Å²) in [5.74, 6) is 0. The molecule has 0 amide bonds. The lowest BCUT2D eigenvalue weighted by Gasteiger charge is -2.09. The quantitative estimate of drug-likeness (QED) is 0.302. The van der Waals surface area contributed by atoms with Crippen LogP contribution in [0.2, 0.25) is 0 Å². The van der Waals surface area contributed by atoms with Crippen molar-refractivity contribution in [1.82, 2.24) is 4.98 Å². The van der Waals surface area contributed by atoms with Crippen molar-refractivity contribution in [1.29, 1.82) is 0 Å². The van der Waals surface area contributed by atoms with Gasteiger partial charge in [0.05, 0.1) is 5.69 Å². The molecule has 6 rings (SSSR count). The van der Waals surface area contributed by atoms with Crippen LogP contribution in [0, 0.1) is 6.85 Å². The normalized spacial score (nSPS) is 14.8. The number of pyridine rings is 1. The number of furan rings is 1. The molecule has 4 aromatic carbocycles. The van der Waals surface area contributed by atoms with Gasteiger partial charge in [-0.2, -0.15) is 0 Å². The SMILES string of the molecule is [2H]C([2H])([2H])c1cnc(-c2ccc3oc4ccc5ccccc5c4c3c2)cc1C([2H])([2H])c1ccccc1. The topological polar surface area (TPSA) is 26.0 Å². The maximum Gasteiger partial charge on any atom is 0.136 e. The first-order valence-corrected chi connectivity index (χ1v) is 10.1. The molecule has 2 heteroatoms. The molecule has 0 saturated carbocycles. The summed E-state index contributed by atoms with van der Waals surface area (Å²) in [7, 11) is 0. The Hall–Kier alpha value is -3.91. The van der Waals surface area contributed by atoms with E-state index in [-0.39, 0.29) is 11.1 Å². The highest BCUT2D eigenvalue weighted by molar-refractivity contribution is 6.19. The fourth-order valence-electron chi connectivity index (χ4n) is 4.10. The van der Waals surface area contributed by atoms with Gasteiger partial charge in [-0.3, -0.25) is 4.98 Å². The van der Waals surface area contributed by atoms with Crippen LogP contribution in [0.4, 0.5) is 0 Å². The fourth-order valence-corrected chi connectivity index (χ4v) is 4.10. The second-order valence-corrected chi connectivity index (χ2v) is 7.58. The van der Waals surface area contributed by atoms with Crippen LogP contribution in [0.15, 0.2) is 102 Å². The Bertz CT molecular complexity index is 1750. The minimum atomic E-state index is -2.51. The average molecular weight is 405 g/mol. The van der Waals surface area contributed by atoms with E-state index in [1.165, 1.54) is 6.20 Å². The average Bonchev–Trinajstić information content (AvgIpc) is 3.27. The van der Waals surface area contributed by atoms with Crippen molar-refractivity contribution < 1.29 is 11.3 Å². The Balaban J connectivity index is 1.58. The number of nitrogens with zero attached hydrogens (tertiary/aromatic N) is 1. The molecule has 0 unspecified atom stereocenters. The summed E-state index contributed by atoms with van der Waals surface area (Å²) >= 11 is 0. The van der Waals surface area contributed by atoms with E-state index < -0.39 is 13.2 Å². The van der Waals surface area contributed by atoms with Crippen LogP contribution in [0.1, 0.15) is 23.5 Å². The molecular weight excluding hydrogens is 378 g/mol. The molecule has 0 spiro atoms. The van der Waals surface area contributed by atoms with E-state index in [0.29, 0.717) is 11.3 Å². The number of fused-ring (bicyclic) bond motifs is 5. The fraction of sp³-hybridized carbons (Fsp3) is 0.0690. The number of hydrogen-bond donors (Lipinski definition) is 0. The van der Waals surface area contributed by atoms with E-state index in [1.807, 2.05) is 42.5 Å². The Morgan fingerprint density at radius 1 is 0.839 bits per heavy atom. The first kappa shape index (κ1) is 13.4. The van der Waals surface area contributed by atoms with Gasteiger partial charge in [0.25, 0.3) is 0 Å². The molecule has 0 fully saturated rings. The second kappa shape index (κ2) is 7.10. The number of aryl methyl sites for hydroxylation is 1. The smallest absolute Gasteiger partial charge is 0.136 e. The molecule has 0 aliphatic rings. The zero-order valence-corrected chi connectivity index (χ0v) is 16.6. The summed E-state index contributed by atoms with van der Waals surface area (Å²) in [6.45, 7) is -2.51. The monoisotopic (exact) mass is 404 g/mol. The third-order valence-electron chi connectivity index (χ3n) is 5.61. The largest absolute Gasteiger partial charge is 0.456 e. The number of benzene rings is 4. The van der Waals surface area contributed by atoms with Gasteiger partial charge in [0.15, 0.2) is 0 Å². The first-order chi connectivity index (χ1) is 17.2. The van der Waals surface area contributed by atoms with Crippen LogP contribution in [0.5, 0.6) is 0 Å². The third kappa shape index (κ3) is 3.08. The summed E-state index contributed by atoms with van der Waals surface area (Å²) in [5.41, 5.74) is 3.14. The lowest BCUT2D eigenvalue weighted by molar-refractivity contribution is 0.669. The molecule has 2 aromatic heterocycles. The van der Waals surface area contributed by atoms with E-state index in [0.717, 1.165) is 38.3 Å². The van der Waals surface area contributed by atoms with Gasteiger partial charge in [-0.25, -0.2) is 0 Å². The van der Waals surface area contributed by atoms with Gasteiger partial charge in [0.1, 0.15) is 11.2 Å². The van der Waals surface area contributed by atoms with Crippen molar-refractivity contribution in [3.05, 3.63) is 114 Å². The van der Waals surface area contributed by atoms with Crippen LogP contribution < -0.4 is 0 Å². The first-order valence-electron chi connectivity index (χ1n) is 12.6. The lowest BCUT2D eigenvalue weighted by Crippen LogP contribution is -1.95. The number of rotatable bonds is 3. The van der Waals surface area contributed by atoms with E-state index >= 15 is 0 Å². The predicted molar refractivity (Wildman–Crippen MR) is 128 cm³/mol. The molecule has 2 heterocycles. The van der Waals surface area contributed by atoms with Crippen LogP contribution >= 0.6 is 0 Å². The molecule has 0 aliphatic heterocycles. The van der Waals surface area contributed by atoms with Crippen LogP contribution in [0.3, 0.4) is 0 Å². The summed E-state index contributed by atoms with van der Waals surface area (Å²) in [6, 6.07) is 28.0. The van der Waals surface area contributed by atoms with Crippen molar-refractivity contribution in [2.75, 3.05) is 0 Å². The molecule has 31 heavy (non-hydrogen) atoms. The Kier molecular flexibility index (Phi) is 3.07. The van der Waals surface area contributed by atoms with Gasteiger partial charge < -0.3 is 4.42 Å². The summed E-state index contributed by atoms with van der Waals surface area (Å²) in [6.07, 6.45) is -0.739. The zero-order valence-electron chi connectivity index (χ0n) is 21.6. The van der Waals surface area contributed by atoms with Crippen molar-refractivity contribution in [2.45, 2.75) is 13.2 Å². The highest BCUT2D eigenvalue weighted by atomic mass is 16.3. The van der Waals surface area contributed by atoms with Crippen molar-refractivity contribution in [2.24, 2.45) is 0 Å². The highest BCUT2D eigenvalue weighted by Crippen LogP contribution is 2.36. The molecule has 0 bridgehead atoms. The van der Waals surface area contributed by atoms with Gasteiger partial charge in [-0.15, -0.1) is 0 Å². The third-order valence-corrected chi connectivity index (χ3v) is 5.61. The second-order valence-electron chi connectivity index (χ2n) is 7.58. The van der Waals surface area contributed by atoms with Crippen LogP contribution in [-0.2, 0) is 6.37 Å². The molecule has 2 nitrogen and oxygen atoms in total. The zero-order chi connectivity index (χ0) is 25.1. The van der Waals surface area contributed by atoms with E-state index in [2.05, 4.69) is 17.1 Å². The Labute approximate surface area is 187 Å². The van der Waals surface area contributed by atoms with Crippen molar-refractivity contribution in [3.63, 3.8) is 0 Å². The van der Waals surface area contributed by atoms with E-state index in [1.54, 1.807) is 36.4 Å². The molecule has 0 atom stereocenters. The minimum absolute atomic E-state index is 0.0845. The van der Waals surface area contributed by atoms with Gasteiger partial charge >= 0.3 is 0 Å². The van der Waals surface area contributed by atoms with Gasteiger partial charge in [-0.1, -0.05) is 60.7 Å². The van der Waals surface area contributed by atoms with Crippen molar-refractivity contribution >= 4 is 32.7 Å². The molecule has 6 aromatic rings. The summed E-state index contributed by atoms with van der Waals surface area (Å²) in [4.78, 5) is 4.46. The molecule has 148 valence electrons. The van der Waals surface area contributed by atoms with Crippen LogP contribution in [-0.4, -0.2) is 4.98 Å². The minimum Gasteiger partial charge on any atom is -0.456 e. The molecule has 0 aliphatic carbocycles. The maximum absolute atomic E-state index is 8.87. The highest BCUT2D eigenvalue weighted by Gasteiger charge is 2.13. The van der Waals surface area contributed by atoms with Gasteiger partial charge in [-0.05, 0) is 71.0 Å². The summed E-state index contributed by atoms with van der Waals surface area (Å²) < 4.78 is 47.8. The molecular formula is C29H21NO. The van der Waals surface area contributed by atoms with E-state index in [4.69, 9.17) is 11.3 Å². The number of aromatic nitrogens is 1. The summed E-state index contributed by atoms with van der Waals surface area (Å²) in [5, 5.41) is 4.12. The van der Waals surface area contributed by atoms with Crippen LogP contribution in [0.25, 0.3) is 44.0 Å². The lowest BCUT2D eigenvalue weighted by atomic mass is 9.98. The standard InChI is InChI=1S/C29H21NO/c1-19-18-30-26(17-23(19)15-20-7-3-2-4-8-20)22-12-13-27-25(16-22)29-24-10-6-5-9-21(24)11-14-28(29)31-27/h2-14,16-18H,15H2,1H3/i1D3,15D2. The Morgan fingerprint density at radius 3 is 2.58 bits per heavy atom. The molecule has 0 N–H and O–H groups in total. The maximum atomic E-state index is 8.87. The molecule has 0 saturated heterocycles. The van der Waals surface area contributed by atoms with E-state index in [9.17, 15) is 0 Å². The molecule has 0 radical (unpaired) electrons. The number of hydrogen-bond acceptors (Lipinski definition) is 2. The Morgan fingerprint density at radius 2 is 1.68 bits per heavy atom. The predicted octanol–water partition coefficient (Wildman–Crippen LogP) is 7.70. The van der Waals surface area contributed by atoms with Gasteiger partial charge in [0.2, 0.25) is 0 Å². The van der Waals surface area contributed by atoms with Gasteiger partial charge in [0, 0.05) is 29.4 Å².